The number of sulfonamides is 1. The van der Waals surface area contributed by atoms with Crippen LogP contribution in [0.1, 0.15) is 25.3 Å². The normalized spacial score (nSPS) is 21.0. The summed E-state index contributed by atoms with van der Waals surface area (Å²) in [5.74, 6) is 0.422. The Balaban J connectivity index is 1.93. The third kappa shape index (κ3) is 5.31. The van der Waals surface area contributed by atoms with Gasteiger partial charge in [-0.15, -0.1) is 0 Å². The topological polar surface area (TPSA) is 80.3 Å². The molecule has 124 valence electrons. The first-order valence-corrected chi connectivity index (χ1v) is 9.33. The van der Waals surface area contributed by atoms with E-state index < -0.39 is 10.0 Å². The van der Waals surface area contributed by atoms with Gasteiger partial charge < -0.3 is 10.1 Å². The lowest BCUT2D eigenvalue weighted by molar-refractivity contribution is 0.0429. The molecule has 0 radical (unpaired) electrons. The second-order valence-electron chi connectivity index (χ2n) is 5.96. The molecule has 0 aromatic carbocycles. The number of nitrogens with zero attached hydrogens (tertiary/aromatic N) is 1. The molecule has 2 unspecified atom stereocenters. The average molecular weight is 327 g/mol. The van der Waals surface area contributed by atoms with Crippen LogP contribution in [-0.4, -0.2) is 51.5 Å². The van der Waals surface area contributed by atoms with Crippen LogP contribution < -0.4 is 10.0 Å². The summed E-state index contributed by atoms with van der Waals surface area (Å²) in [6.07, 6.45) is 3.24. The van der Waals surface area contributed by atoms with Gasteiger partial charge in [0.2, 0.25) is 10.0 Å². The van der Waals surface area contributed by atoms with Gasteiger partial charge in [-0.3, -0.25) is 4.98 Å². The molecule has 0 aliphatic carbocycles. The molecule has 2 rings (SSSR count). The highest BCUT2D eigenvalue weighted by Crippen LogP contribution is 2.23. The third-order valence-corrected chi connectivity index (χ3v) is 5.27. The van der Waals surface area contributed by atoms with E-state index in [2.05, 4.69) is 28.9 Å². The van der Waals surface area contributed by atoms with E-state index >= 15 is 0 Å². The van der Waals surface area contributed by atoms with Gasteiger partial charge in [0.15, 0.2) is 0 Å². The third-order valence-electron chi connectivity index (χ3n) is 3.85. The number of morpholine rings is 1. The van der Waals surface area contributed by atoms with Gasteiger partial charge in [0.1, 0.15) is 0 Å². The molecule has 6 nitrogen and oxygen atoms in total. The minimum atomic E-state index is -3.35. The Morgan fingerprint density at radius 3 is 2.91 bits per heavy atom. The number of nitrogens with one attached hydrogen (secondary N) is 2. The van der Waals surface area contributed by atoms with Crippen molar-refractivity contribution in [1.82, 2.24) is 15.0 Å². The summed E-state index contributed by atoms with van der Waals surface area (Å²) < 4.78 is 32.6. The fourth-order valence-corrected chi connectivity index (χ4v) is 3.84. The minimum Gasteiger partial charge on any atom is -0.374 e. The second kappa shape index (κ2) is 8.01. The van der Waals surface area contributed by atoms with E-state index in [1.807, 2.05) is 12.1 Å². The summed E-state index contributed by atoms with van der Waals surface area (Å²) in [7, 11) is -3.35. The zero-order valence-electron chi connectivity index (χ0n) is 13.2. The standard InChI is InChI=1S/C15H25N3O3S/c1-12(2)15(13-4-3-5-16-8-13)10-18-22(19,20)11-14-9-17-6-7-21-14/h3-5,8,12,14-15,17-18H,6-7,9-11H2,1-2H3. The lowest BCUT2D eigenvalue weighted by Gasteiger charge is -2.25. The second-order valence-corrected chi connectivity index (χ2v) is 7.82. The highest BCUT2D eigenvalue weighted by molar-refractivity contribution is 7.89. The van der Waals surface area contributed by atoms with Crippen LogP contribution in [0.25, 0.3) is 0 Å². The van der Waals surface area contributed by atoms with Crippen molar-refractivity contribution in [2.75, 3.05) is 32.0 Å². The van der Waals surface area contributed by atoms with Crippen molar-refractivity contribution in [2.24, 2.45) is 5.92 Å². The molecule has 0 spiro atoms. The van der Waals surface area contributed by atoms with Gasteiger partial charge in [0.25, 0.3) is 0 Å². The molecule has 1 aromatic rings. The molecule has 1 aliphatic rings. The molecule has 7 heteroatoms. The number of ether oxygens (including phenoxy) is 1. The van der Waals surface area contributed by atoms with Gasteiger partial charge in [-0.25, -0.2) is 13.1 Å². The van der Waals surface area contributed by atoms with Crippen LogP contribution in [0.3, 0.4) is 0 Å². The van der Waals surface area contributed by atoms with E-state index in [1.54, 1.807) is 12.4 Å². The van der Waals surface area contributed by atoms with Crippen molar-refractivity contribution >= 4 is 10.0 Å². The summed E-state index contributed by atoms with van der Waals surface area (Å²) in [6, 6.07) is 3.86. The summed E-state index contributed by atoms with van der Waals surface area (Å²) in [5.41, 5.74) is 1.05. The monoisotopic (exact) mass is 327 g/mol. The Labute approximate surface area is 132 Å². The molecule has 1 aliphatic heterocycles. The fraction of sp³-hybridized carbons (Fsp3) is 0.667. The van der Waals surface area contributed by atoms with Gasteiger partial charge in [0, 0.05) is 37.9 Å². The SMILES string of the molecule is CC(C)C(CNS(=O)(=O)CC1CNCCO1)c1cccnc1. The van der Waals surface area contributed by atoms with Crippen LogP contribution in [0.2, 0.25) is 0 Å². The first kappa shape index (κ1) is 17.3. The first-order valence-electron chi connectivity index (χ1n) is 7.67. The molecule has 0 amide bonds. The summed E-state index contributed by atoms with van der Waals surface area (Å²) >= 11 is 0. The molecule has 22 heavy (non-hydrogen) atoms. The molecule has 2 heterocycles. The van der Waals surface area contributed by atoms with Gasteiger partial charge in [-0.2, -0.15) is 0 Å². The lowest BCUT2D eigenvalue weighted by Crippen LogP contribution is -2.45. The quantitative estimate of drug-likeness (QED) is 0.772. The van der Waals surface area contributed by atoms with Crippen LogP contribution in [0, 0.1) is 5.92 Å². The van der Waals surface area contributed by atoms with Crippen LogP contribution in [0.5, 0.6) is 0 Å². The van der Waals surface area contributed by atoms with E-state index in [9.17, 15) is 8.42 Å². The van der Waals surface area contributed by atoms with E-state index in [-0.39, 0.29) is 17.8 Å². The van der Waals surface area contributed by atoms with Gasteiger partial charge in [0.05, 0.1) is 18.5 Å². The lowest BCUT2D eigenvalue weighted by atomic mass is 9.90. The van der Waals surface area contributed by atoms with Gasteiger partial charge in [-0.05, 0) is 17.5 Å². The number of pyridine rings is 1. The van der Waals surface area contributed by atoms with E-state index in [1.165, 1.54) is 0 Å². The van der Waals surface area contributed by atoms with E-state index in [4.69, 9.17) is 4.74 Å². The van der Waals surface area contributed by atoms with Crippen molar-refractivity contribution in [3.8, 4) is 0 Å². The number of aromatic nitrogens is 1. The highest BCUT2D eigenvalue weighted by atomic mass is 32.2. The smallest absolute Gasteiger partial charge is 0.214 e. The molecule has 0 bridgehead atoms. The maximum atomic E-state index is 12.2. The van der Waals surface area contributed by atoms with Crippen molar-refractivity contribution in [2.45, 2.75) is 25.9 Å². The van der Waals surface area contributed by atoms with Crippen molar-refractivity contribution < 1.29 is 13.2 Å². The number of rotatable bonds is 7. The highest BCUT2D eigenvalue weighted by Gasteiger charge is 2.24. The summed E-state index contributed by atoms with van der Waals surface area (Å²) in [4.78, 5) is 4.12. The van der Waals surface area contributed by atoms with Gasteiger partial charge in [-0.1, -0.05) is 19.9 Å². The predicted molar refractivity (Wildman–Crippen MR) is 86.2 cm³/mol. The molecule has 2 atom stereocenters. The first-order chi connectivity index (χ1) is 10.5. The van der Waals surface area contributed by atoms with Crippen LogP contribution in [0.15, 0.2) is 24.5 Å². The maximum Gasteiger partial charge on any atom is 0.214 e. The largest absolute Gasteiger partial charge is 0.374 e. The molecular formula is C15H25N3O3S. The number of hydrogen-bond donors (Lipinski definition) is 2. The number of hydrogen-bond acceptors (Lipinski definition) is 5. The van der Waals surface area contributed by atoms with Crippen LogP contribution in [-0.2, 0) is 14.8 Å². The summed E-state index contributed by atoms with van der Waals surface area (Å²) in [6.45, 7) is 6.47. The molecule has 1 aromatic heterocycles. The Hall–Kier alpha value is -1.02. The fourth-order valence-electron chi connectivity index (χ4n) is 2.58. The van der Waals surface area contributed by atoms with Crippen molar-refractivity contribution in [3.05, 3.63) is 30.1 Å². The average Bonchev–Trinajstić information content (AvgIpc) is 2.48. The maximum absolute atomic E-state index is 12.2. The molecule has 1 saturated heterocycles. The van der Waals surface area contributed by atoms with E-state index in [0.717, 1.165) is 12.1 Å². The van der Waals surface area contributed by atoms with Crippen LogP contribution >= 0.6 is 0 Å². The molecule has 0 saturated carbocycles. The Kier molecular flexibility index (Phi) is 6.31. The zero-order chi connectivity index (χ0) is 16.0. The van der Waals surface area contributed by atoms with Gasteiger partial charge >= 0.3 is 0 Å². The molecular weight excluding hydrogens is 302 g/mol. The Morgan fingerprint density at radius 2 is 2.32 bits per heavy atom. The Bertz CT molecular complexity index is 542. The predicted octanol–water partition coefficient (Wildman–Crippen LogP) is 0.729. The zero-order valence-corrected chi connectivity index (χ0v) is 14.0. The minimum absolute atomic E-state index is 0.00213. The van der Waals surface area contributed by atoms with Crippen molar-refractivity contribution in [1.29, 1.82) is 0 Å². The van der Waals surface area contributed by atoms with Crippen LogP contribution in [0.4, 0.5) is 0 Å². The van der Waals surface area contributed by atoms with E-state index in [0.29, 0.717) is 25.6 Å². The summed E-state index contributed by atoms with van der Waals surface area (Å²) in [5, 5.41) is 3.14. The Morgan fingerprint density at radius 1 is 1.50 bits per heavy atom. The molecule has 1 fully saturated rings. The van der Waals surface area contributed by atoms with Crippen molar-refractivity contribution in [3.63, 3.8) is 0 Å². The molecule has 2 N–H and O–H groups in total.